The Hall–Kier alpha value is -1.33. The van der Waals surface area contributed by atoms with Crippen molar-refractivity contribution in [3.05, 3.63) is 17.7 Å². The zero-order valence-corrected chi connectivity index (χ0v) is 7.49. The van der Waals surface area contributed by atoms with Gasteiger partial charge < -0.3 is 22.3 Å². The van der Waals surface area contributed by atoms with Gasteiger partial charge in [-0.25, -0.2) is 4.98 Å². The van der Waals surface area contributed by atoms with Crippen molar-refractivity contribution < 1.29 is 5.11 Å². The molecule has 13 heavy (non-hydrogen) atoms. The molecule has 0 radical (unpaired) electrons. The lowest BCUT2D eigenvalue weighted by molar-refractivity contribution is 0.210. The van der Waals surface area contributed by atoms with Crippen molar-refractivity contribution in [3.8, 4) is 0 Å². The fraction of sp³-hybridized carbons (Fsp3) is 0.375. The summed E-state index contributed by atoms with van der Waals surface area (Å²) in [6.45, 7) is 1.52. The van der Waals surface area contributed by atoms with Gasteiger partial charge in [-0.3, -0.25) is 0 Å². The Labute approximate surface area is 76.6 Å². The van der Waals surface area contributed by atoms with E-state index in [0.29, 0.717) is 17.2 Å². The Bertz CT molecular complexity index is 291. The van der Waals surface area contributed by atoms with E-state index in [1.54, 1.807) is 19.1 Å². The van der Waals surface area contributed by atoms with Crippen molar-refractivity contribution in [2.45, 2.75) is 12.5 Å². The molecule has 1 rings (SSSR count). The number of hydrogen-bond donors (Lipinski definition) is 4. The zero-order chi connectivity index (χ0) is 10.1. The highest BCUT2D eigenvalue weighted by Gasteiger charge is 2.20. The number of aromatic nitrogens is 1. The Morgan fingerprint density at radius 2 is 1.85 bits per heavy atom. The first-order chi connectivity index (χ1) is 5.95. The lowest BCUT2D eigenvalue weighted by atomic mass is 9.95. The zero-order valence-electron chi connectivity index (χ0n) is 7.49. The maximum Gasteiger partial charge on any atom is 0.126 e. The number of rotatable bonds is 2. The third-order valence-corrected chi connectivity index (χ3v) is 1.85. The van der Waals surface area contributed by atoms with Gasteiger partial charge in [0.25, 0.3) is 0 Å². The van der Waals surface area contributed by atoms with Crippen LogP contribution in [-0.4, -0.2) is 16.7 Å². The molecule has 0 aromatic carbocycles. The van der Waals surface area contributed by atoms with Crippen molar-refractivity contribution in [1.29, 1.82) is 0 Å². The molecule has 0 fully saturated rings. The molecule has 1 heterocycles. The molecule has 0 spiro atoms. The van der Waals surface area contributed by atoms with Gasteiger partial charge in [0.2, 0.25) is 0 Å². The summed E-state index contributed by atoms with van der Waals surface area (Å²) in [5.74, 6) is 0.611. The molecule has 1 atom stereocenters. The van der Waals surface area contributed by atoms with E-state index >= 15 is 0 Å². The van der Waals surface area contributed by atoms with Gasteiger partial charge in [-0.15, -0.1) is 0 Å². The molecule has 5 nitrogen and oxygen atoms in total. The average molecular weight is 182 g/mol. The highest BCUT2D eigenvalue weighted by atomic mass is 16.3. The van der Waals surface area contributed by atoms with E-state index in [1.807, 2.05) is 0 Å². The van der Waals surface area contributed by atoms with Crippen LogP contribution in [0.4, 0.5) is 11.6 Å². The predicted octanol–water partition coefficient (Wildman–Crippen LogP) is -0.588. The van der Waals surface area contributed by atoms with Crippen molar-refractivity contribution >= 4 is 11.6 Å². The molecule has 0 aliphatic rings. The molecule has 0 amide bonds. The number of aliphatic hydroxyl groups excluding tert-OH is 1. The van der Waals surface area contributed by atoms with Gasteiger partial charge in [-0.1, -0.05) is 0 Å². The number of anilines is 2. The quantitative estimate of drug-likeness (QED) is 0.488. The van der Waals surface area contributed by atoms with E-state index in [-0.39, 0.29) is 6.61 Å². The molecule has 0 aliphatic heterocycles. The van der Waals surface area contributed by atoms with E-state index in [0.717, 1.165) is 0 Å². The summed E-state index contributed by atoms with van der Waals surface area (Å²) in [6.07, 6.45) is 0. The van der Waals surface area contributed by atoms with Crippen LogP contribution < -0.4 is 17.2 Å². The molecular weight excluding hydrogens is 168 g/mol. The second-order valence-electron chi connectivity index (χ2n) is 3.28. The molecule has 0 bridgehead atoms. The van der Waals surface area contributed by atoms with Crippen LogP contribution in [0.25, 0.3) is 0 Å². The Balaban J connectivity index is 3.15. The summed E-state index contributed by atoms with van der Waals surface area (Å²) >= 11 is 0. The lowest BCUT2D eigenvalue weighted by Crippen LogP contribution is -2.37. The van der Waals surface area contributed by atoms with Gasteiger partial charge in [0, 0.05) is 0 Å². The summed E-state index contributed by atoms with van der Waals surface area (Å²) in [5.41, 5.74) is 16.6. The lowest BCUT2D eigenvalue weighted by Gasteiger charge is -2.22. The van der Waals surface area contributed by atoms with Crippen LogP contribution in [0, 0.1) is 0 Å². The SMILES string of the molecule is C[C@@](N)(CO)c1cc(N)nc(N)c1. The van der Waals surface area contributed by atoms with Gasteiger partial charge >= 0.3 is 0 Å². The number of hydrogen-bond acceptors (Lipinski definition) is 5. The number of nitrogens with zero attached hydrogens (tertiary/aromatic N) is 1. The van der Waals surface area contributed by atoms with Crippen molar-refractivity contribution in [1.82, 2.24) is 4.98 Å². The van der Waals surface area contributed by atoms with E-state index < -0.39 is 5.54 Å². The van der Waals surface area contributed by atoms with Gasteiger partial charge in [0.05, 0.1) is 12.1 Å². The van der Waals surface area contributed by atoms with E-state index in [9.17, 15) is 0 Å². The smallest absolute Gasteiger partial charge is 0.126 e. The van der Waals surface area contributed by atoms with Gasteiger partial charge in [0.15, 0.2) is 0 Å². The van der Waals surface area contributed by atoms with Gasteiger partial charge in [-0.2, -0.15) is 0 Å². The molecule has 5 heteroatoms. The molecule has 72 valence electrons. The fourth-order valence-corrected chi connectivity index (χ4v) is 0.995. The number of nitrogen functional groups attached to an aromatic ring is 2. The second kappa shape index (κ2) is 3.20. The molecule has 0 saturated carbocycles. The highest BCUT2D eigenvalue weighted by molar-refractivity contribution is 5.45. The summed E-state index contributed by atoms with van der Waals surface area (Å²) in [6, 6.07) is 3.21. The molecule has 1 aromatic heterocycles. The minimum absolute atomic E-state index is 0.171. The van der Waals surface area contributed by atoms with Crippen LogP contribution in [0.15, 0.2) is 12.1 Å². The van der Waals surface area contributed by atoms with E-state index in [2.05, 4.69) is 4.98 Å². The Kier molecular flexibility index (Phi) is 2.40. The predicted molar refractivity (Wildman–Crippen MR) is 51.7 cm³/mol. The molecule has 0 saturated heterocycles. The van der Waals surface area contributed by atoms with E-state index in [4.69, 9.17) is 22.3 Å². The average Bonchev–Trinajstić information content (AvgIpc) is 2.02. The van der Waals surface area contributed by atoms with Crippen molar-refractivity contribution in [2.24, 2.45) is 5.73 Å². The number of nitrogens with two attached hydrogens (primary N) is 3. The largest absolute Gasteiger partial charge is 0.394 e. The minimum Gasteiger partial charge on any atom is -0.394 e. The first kappa shape index (κ1) is 9.76. The van der Waals surface area contributed by atoms with E-state index in [1.165, 1.54) is 0 Å². The number of pyridine rings is 1. The summed E-state index contributed by atoms with van der Waals surface area (Å²) in [4.78, 5) is 3.80. The van der Waals surface area contributed by atoms with Crippen LogP contribution in [0.1, 0.15) is 12.5 Å². The second-order valence-corrected chi connectivity index (χ2v) is 3.28. The van der Waals surface area contributed by atoms with Crippen LogP contribution >= 0.6 is 0 Å². The molecule has 7 N–H and O–H groups in total. The minimum atomic E-state index is -0.828. The summed E-state index contributed by atoms with van der Waals surface area (Å²) in [5, 5.41) is 9.00. The highest BCUT2D eigenvalue weighted by Crippen LogP contribution is 2.20. The normalized spacial score (nSPS) is 15.3. The molecular formula is C8H14N4O. The standard InChI is InChI=1S/C8H14N4O/c1-8(11,4-13)5-2-6(9)12-7(10)3-5/h2-3,13H,4,11H2,1H3,(H4,9,10,12)/t8-/m1/s1. The third-order valence-electron chi connectivity index (χ3n) is 1.85. The van der Waals surface area contributed by atoms with Crippen molar-refractivity contribution in [2.75, 3.05) is 18.1 Å². The maximum absolute atomic E-state index is 9.00. The van der Waals surface area contributed by atoms with Crippen molar-refractivity contribution in [3.63, 3.8) is 0 Å². The Morgan fingerprint density at radius 3 is 2.23 bits per heavy atom. The van der Waals surface area contributed by atoms with Gasteiger partial charge in [0.1, 0.15) is 11.6 Å². The topological polar surface area (TPSA) is 111 Å². The maximum atomic E-state index is 9.00. The van der Waals surface area contributed by atoms with Crippen LogP contribution in [-0.2, 0) is 5.54 Å². The summed E-state index contributed by atoms with van der Waals surface area (Å²) in [7, 11) is 0. The van der Waals surface area contributed by atoms with Crippen LogP contribution in [0.2, 0.25) is 0 Å². The fourth-order valence-electron chi connectivity index (χ4n) is 0.995. The van der Waals surface area contributed by atoms with Crippen LogP contribution in [0.5, 0.6) is 0 Å². The molecule has 1 aromatic rings. The van der Waals surface area contributed by atoms with Gasteiger partial charge in [-0.05, 0) is 24.6 Å². The third kappa shape index (κ3) is 2.07. The first-order valence-corrected chi connectivity index (χ1v) is 3.89. The first-order valence-electron chi connectivity index (χ1n) is 3.89. The monoisotopic (exact) mass is 182 g/mol. The molecule has 0 unspecified atom stereocenters. The molecule has 0 aliphatic carbocycles. The number of aliphatic hydroxyl groups is 1. The summed E-state index contributed by atoms with van der Waals surface area (Å²) < 4.78 is 0. The Morgan fingerprint density at radius 1 is 1.38 bits per heavy atom. The van der Waals surface area contributed by atoms with Crippen LogP contribution in [0.3, 0.4) is 0 Å².